The number of hydrogen-bond acceptors (Lipinski definition) is 3. The first-order chi connectivity index (χ1) is 7.41. The second-order valence-electron chi connectivity index (χ2n) is 3.40. The molecule has 5 nitrogen and oxygen atoms in total. The molecule has 2 N–H and O–H groups in total. The number of aliphatic carboxylic acids is 1. The molecule has 0 heterocycles. The van der Waals surface area contributed by atoms with Crippen LogP contribution in [0.15, 0.2) is 30.3 Å². The van der Waals surface area contributed by atoms with Crippen molar-refractivity contribution in [3.63, 3.8) is 0 Å². The Hall–Kier alpha value is -1.40. The van der Waals surface area contributed by atoms with Gasteiger partial charge < -0.3 is 5.11 Å². The molecule has 1 atom stereocenters. The van der Waals surface area contributed by atoms with Crippen LogP contribution in [0.4, 0.5) is 0 Å². The SMILES string of the molecule is C[C@H](NS(=O)(=O)CC(=O)O)c1ccccc1. The van der Waals surface area contributed by atoms with E-state index in [1.807, 2.05) is 6.07 Å². The summed E-state index contributed by atoms with van der Waals surface area (Å²) in [6, 6.07) is 8.50. The molecule has 0 amide bonds. The highest BCUT2D eigenvalue weighted by Gasteiger charge is 2.18. The molecule has 1 aromatic rings. The molecule has 0 saturated heterocycles. The smallest absolute Gasteiger partial charge is 0.320 e. The van der Waals surface area contributed by atoms with Crippen molar-refractivity contribution in [1.29, 1.82) is 0 Å². The Morgan fingerprint density at radius 1 is 1.38 bits per heavy atom. The fourth-order valence-corrected chi connectivity index (χ4v) is 2.37. The minimum absolute atomic E-state index is 0.439. The average Bonchev–Trinajstić information content (AvgIpc) is 2.16. The highest BCUT2D eigenvalue weighted by atomic mass is 32.2. The van der Waals surface area contributed by atoms with Crippen molar-refractivity contribution in [3.05, 3.63) is 35.9 Å². The Labute approximate surface area is 94.2 Å². The lowest BCUT2D eigenvalue weighted by Crippen LogP contribution is -2.32. The van der Waals surface area contributed by atoms with E-state index in [9.17, 15) is 13.2 Å². The van der Waals surface area contributed by atoms with Crippen molar-refractivity contribution in [2.75, 3.05) is 5.75 Å². The van der Waals surface area contributed by atoms with E-state index >= 15 is 0 Å². The van der Waals surface area contributed by atoms with Crippen molar-refractivity contribution in [2.45, 2.75) is 13.0 Å². The second kappa shape index (κ2) is 5.09. The van der Waals surface area contributed by atoms with E-state index < -0.39 is 27.8 Å². The van der Waals surface area contributed by atoms with E-state index in [-0.39, 0.29) is 0 Å². The Morgan fingerprint density at radius 3 is 2.44 bits per heavy atom. The highest BCUT2D eigenvalue weighted by molar-refractivity contribution is 7.90. The molecular formula is C10H13NO4S. The van der Waals surface area contributed by atoms with E-state index in [1.165, 1.54) is 0 Å². The third kappa shape index (κ3) is 4.00. The topological polar surface area (TPSA) is 83.5 Å². The Bertz CT molecular complexity index is 455. The van der Waals surface area contributed by atoms with Crippen LogP contribution in [0.3, 0.4) is 0 Å². The fourth-order valence-electron chi connectivity index (χ4n) is 1.28. The predicted octanol–water partition coefficient (Wildman–Crippen LogP) is 0.752. The van der Waals surface area contributed by atoms with Crippen molar-refractivity contribution < 1.29 is 18.3 Å². The van der Waals surface area contributed by atoms with Gasteiger partial charge in [-0.3, -0.25) is 4.79 Å². The minimum Gasteiger partial charge on any atom is -0.480 e. The summed E-state index contributed by atoms with van der Waals surface area (Å²) in [6.45, 7) is 1.66. The minimum atomic E-state index is -3.78. The molecule has 0 spiro atoms. The van der Waals surface area contributed by atoms with Gasteiger partial charge in [0.25, 0.3) is 0 Å². The molecule has 6 heteroatoms. The largest absolute Gasteiger partial charge is 0.480 e. The Kier molecular flexibility index (Phi) is 4.03. The van der Waals surface area contributed by atoms with Crippen LogP contribution in [0.2, 0.25) is 0 Å². The maximum atomic E-state index is 11.3. The molecular weight excluding hydrogens is 230 g/mol. The van der Waals surface area contributed by atoms with Crippen LogP contribution >= 0.6 is 0 Å². The van der Waals surface area contributed by atoms with Crippen LogP contribution in [-0.2, 0) is 14.8 Å². The number of hydrogen-bond donors (Lipinski definition) is 2. The van der Waals surface area contributed by atoms with Gasteiger partial charge in [-0.25, -0.2) is 13.1 Å². The molecule has 0 aliphatic heterocycles. The summed E-state index contributed by atoms with van der Waals surface area (Å²) in [5, 5.41) is 8.41. The zero-order valence-corrected chi connectivity index (χ0v) is 9.57. The standard InChI is InChI=1S/C10H13NO4S/c1-8(9-5-3-2-4-6-9)11-16(14,15)7-10(12)13/h2-6,8,11H,7H2,1H3,(H,12,13)/t8-/m0/s1. The summed E-state index contributed by atoms with van der Waals surface area (Å²) in [4.78, 5) is 10.3. The first kappa shape index (κ1) is 12.7. The first-order valence-electron chi connectivity index (χ1n) is 4.67. The van der Waals surface area contributed by atoms with E-state index in [0.717, 1.165) is 5.56 Å². The van der Waals surface area contributed by atoms with Crippen LogP contribution in [0.5, 0.6) is 0 Å². The van der Waals surface area contributed by atoms with Crippen LogP contribution in [0.1, 0.15) is 18.5 Å². The second-order valence-corrected chi connectivity index (χ2v) is 5.16. The monoisotopic (exact) mass is 243 g/mol. The zero-order chi connectivity index (χ0) is 12.2. The van der Waals surface area contributed by atoms with E-state index in [1.54, 1.807) is 31.2 Å². The number of carbonyl (C=O) groups is 1. The third-order valence-electron chi connectivity index (χ3n) is 1.97. The lowest BCUT2D eigenvalue weighted by atomic mass is 10.1. The van der Waals surface area contributed by atoms with Gasteiger partial charge in [0.15, 0.2) is 5.75 Å². The lowest BCUT2D eigenvalue weighted by molar-refractivity contribution is -0.134. The summed E-state index contributed by atoms with van der Waals surface area (Å²) in [5.41, 5.74) is 0.788. The third-order valence-corrected chi connectivity index (χ3v) is 3.31. The molecule has 1 aromatic carbocycles. The molecule has 0 saturated carbocycles. The molecule has 16 heavy (non-hydrogen) atoms. The van der Waals surface area contributed by atoms with E-state index in [0.29, 0.717) is 0 Å². The Balaban J connectivity index is 2.72. The van der Waals surface area contributed by atoms with Gasteiger partial charge in [-0.1, -0.05) is 30.3 Å². The fraction of sp³-hybridized carbons (Fsp3) is 0.300. The van der Waals surface area contributed by atoms with Gasteiger partial charge in [-0.15, -0.1) is 0 Å². The maximum absolute atomic E-state index is 11.3. The van der Waals surface area contributed by atoms with Gasteiger partial charge in [0, 0.05) is 6.04 Å². The molecule has 0 radical (unpaired) electrons. The van der Waals surface area contributed by atoms with Gasteiger partial charge in [0.05, 0.1) is 0 Å². The summed E-state index contributed by atoms with van der Waals surface area (Å²) >= 11 is 0. The van der Waals surface area contributed by atoms with Crippen molar-refractivity contribution >= 4 is 16.0 Å². The summed E-state index contributed by atoms with van der Waals surface area (Å²) in [7, 11) is -3.78. The quantitative estimate of drug-likeness (QED) is 0.799. The summed E-state index contributed by atoms with van der Waals surface area (Å²) < 4.78 is 25.0. The van der Waals surface area contributed by atoms with Crippen molar-refractivity contribution in [3.8, 4) is 0 Å². The van der Waals surface area contributed by atoms with Gasteiger partial charge in [-0.2, -0.15) is 0 Å². The Morgan fingerprint density at radius 2 is 1.94 bits per heavy atom. The highest BCUT2D eigenvalue weighted by Crippen LogP contribution is 2.12. The van der Waals surface area contributed by atoms with E-state index in [2.05, 4.69) is 4.72 Å². The normalized spacial score (nSPS) is 13.3. The number of carboxylic acids is 1. The number of rotatable bonds is 5. The molecule has 0 fully saturated rings. The van der Waals surface area contributed by atoms with Gasteiger partial charge in [0.2, 0.25) is 10.0 Å². The zero-order valence-electron chi connectivity index (χ0n) is 8.75. The molecule has 88 valence electrons. The molecule has 0 aliphatic rings. The predicted molar refractivity (Wildman–Crippen MR) is 59.4 cm³/mol. The molecule has 1 rings (SSSR count). The molecule has 0 aliphatic carbocycles. The van der Waals surface area contributed by atoms with Gasteiger partial charge in [0.1, 0.15) is 0 Å². The van der Waals surface area contributed by atoms with Crippen LogP contribution < -0.4 is 4.72 Å². The lowest BCUT2D eigenvalue weighted by Gasteiger charge is -2.13. The average molecular weight is 243 g/mol. The van der Waals surface area contributed by atoms with Crippen LogP contribution in [0, 0.1) is 0 Å². The van der Waals surface area contributed by atoms with Crippen molar-refractivity contribution in [1.82, 2.24) is 4.72 Å². The maximum Gasteiger partial charge on any atom is 0.320 e. The molecule has 0 aromatic heterocycles. The number of sulfonamides is 1. The van der Waals surface area contributed by atoms with Gasteiger partial charge in [-0.05, 0) is 12.5 Å². The summed E-state index contributed by atoms with van der Waals surface area (Å²) in [6.07, 6.45) is 0. The molecule has 0 unspecified atom stereocenters. The van der Waals surface area contributed by atoms with Crippen LogP contribution in [-0.4, -0.2) is 25.2 Å². The number of nitrogens with one attached hydrogen (secondary N) is 1. The van der Waals surface area contributed by atoms with Crippen LogP contribution in [0.25, 0.3) is 0 Å². The number of benzene rings is 1. The first-order valence-corrected chi connectivity index (χ1v) is 6.33. The summed E-state index contributed by atoms with van der Waals surface area (Å²) in [5.74, 6) is -2.28. The molecule has 0 bridgehead atoms. The number of carboxylic acid groups (broad SMARTS) is 1. The van der Waals surface area contributed by atoms with Gasteiger partial charge >= 0.3 is 5.97 Å². The van der Waals surface area contributed by atoms with E-state index in [4.69, 9.17) is 5.11 Å². The van der Waals surface area contributed by atoms with Crippen molar-refractivity contribution in [2.24, 2.45) is 0 Å².